The number of alkyl halides is 2. The van der Waals surface area contributed by atoms with Crippen molar-refractivity contribution in [2.45, 2.75) is 24.5 Å². The highest BCUT2D eigenvalue weighted by atomic mass is 35.5. The van der Waals surface area contributed by atoms with Crippen LogP contribution in [-0.2, 0) is 23.6 Å². The van der Waals surface area contributed by atoms with E-state index in [9.17, 15) is 13.0 Å². The minimum atomic E-state index is -4.10. The van der Waals surface area contributed by atoms with E-state index in [1.807, 2.05) is 0 Å². The number of aromatic nitrogens is 3. The minimum Gasteiger partial charge on any atom is -0.360 e. The van der Waals surface area contributed by atoms with E-state index >= 15 is 0 Å². The fraction of sp³-hybridized carbons (Fsp3) is 0.214. The van der Waals surface area contributed by atoms with Gasteiger partial charge in [-0.25, -0.2) is 4.21 Å². The molecule has 6 nitrogen and oxygen atoms in total. The Hall–Kier alpha value is -1.97. The second kappa shape index (κ2) is 6.15. The zero-order chi connectivity index (χ0) is 17.5. The molecule has 1 unspecified atom stereocenters. The van der Waals surface area contributed by atoms with Crippen LogP contribution in [0.25, 0.3) is 10.9 Å². The van der Waals surface area contributed by atoms with E-state index in [0.29, 0.717) is 20.8 Å². The van der Waals surface area contributed by atoms with E-state index in [1.165, 1.54) is 6.20 Å². The predicted octanol–water partition coefficient (Wildman–Crippen LogP) is 3.21. The summed E-state index contributed by atoms with van der Waals surface area (Å²) in [6.45, 7) is 1.73. The van der Waals surface area contributed by atoms with Gasteiger partial charge in [-0.3, -0.25) is 9.40 Å². The summed E-state index contributed by atoms with van der Waals surface area (Å²) in [5.74, 6) is 0. The number of aliphatic hydroxyl groups is 1. The Labute approximate surface area is 143 Å². The van der Waals surface area contributed by atoms with Crippen LogP contribution in [0.5, 0.6) is 0 Å². The average molecular weight is 375 g/mol. The van der Waals surface area contributed by atoms with Crippen LogP contribution in [0.15, 0.2) is 35.5 Å². The topological polar surface area (TPSA) is 82.9 Å². The van der Waals surface area contributed by atoms with Crippen molar-refractivity contribution in [3.8, 4) is 0 Å². The lowest BCUT2D eigenvalue weighted by molar-refractivity contribution is -0.213. The minimum absolute atomic E-state index is 0.130. The Bertz CT molecular complexity index is 919. The molecular formula is C14H13ClF2N4O2S. The molecule has 0 spiro atoms. The van der Waals surface area contributed by atoms with Crippen molar-refractivity contribution in [3.63, 3.8) is 0 Å². The molecule has 3 N–H and O–H groups in total. The van der Waals surface area contributed by atoms with E-state index in [2.05, 4.69) is 14.8 Å². The van der Waals surface area contributed by atoms with Crippen molar-refractivity contribution in [2.24, 2.45) is 0 Å². The molecule has 0 saturated carbocycles. The number of benzene rings is 1. The van der Waals surface area contributed by atoms with Crippen molar-refractivity contribution in [1.29, 1.82) is 0 Å². The van der Waals surface area contributed by atoms with Gasteiger partial charge in [-0.15, -0.1) is 0 Å². The number of nitrogens with zero attached hydrogens (tertiary/aromatic N) is 2. The number of H-pyrrole nitrogens is 1. The molecule has 0 bridgehead atoms. The predicted molar refractivity (Wildman–Crippen MR) is 87.4 cm³/mol. The Morgan fingerprint density at radius 1 is 1.50 bits per heavy atom. The normalized spacial score (nSPS) is 13.4. The Morgan fingerprint density at radius 3 is 2.92 bits per heavy atom. The maximum atomic E-state index is 13.4. The third-order valence-electron chi connectivity index (χ3n) is 3.43. The molecule has 1 aromatic carbocycles. The quantitative estimate of drug-likeness (QED) is 0.641. The van der Waals surface area contributed by atoms with Gasteiger partial charge in [-0.2, -0.15) is 13.9 Å². The van der Waals surface area contributed by atoms with Gasteiger partial charge in [0.1, 0.15) is 0 Å². The SMILES string of the molecule is CCn1ncc(NS(=O)c2c[nH]c3cc(Cl)ccc23)c1C(O)(F)F. The summed E-state index contributed by atoms with van der Waals surface area (Å²) in [5, 5.41) is 14.0. The number of fused-ring (bicyclic) bond motifs is 1. The number of rotatable bonds is 5. The van der Waals surface area contributed by atoms with Gasteiger partial charge in [-0.05, 0) is 19.1 Å². The molecule has 3 aromatic rings. The largest absolute Gasteiger partial charge is 0.399 e. The molecule has 24 heavy (non-hydrogen) atoms. The summed E-state index contributed by atoms with van der Waals surface area (Å²) in [7, 11) is -1.84. The number of aromatic amines is 1. The summed E-state index contributed by atoms with van der Waals surface area (Å²) in [6, 6.07) is 4.99. The molecule has 3 rings (SSSR count). The fourth-order valence-electron chi connectivity index (χ4n) is 2.40. The van der Waals surface area contributed by atoms with Crippen LogP contribution >= 0.6 is 11.6 Å². The Kier molecular flexibility index (Phi) is 4.33. The molecule has 2 heterocycles. The van der Waals surface area contributed by atoms with Crippen molar-refractivity contribution in [2.75, 3.05) is 4.72 Å². The lowest BCUT2D eigenvalue weighted by Gasteiger charge is -2.13. The van der Waals surface area contributed by atoms with E-state index in [0.717, 1.165) is 10.9 Å². The molecule has 0 amide bonds. The third kappa shape index (κ3) is 3.02. The highest BCUT2D eigenvalue weighted by Gasteiger charge is 2.36. The van der Waals surface area contributed by atoms with Crippen LogP contribution in [0.4, 0.5) is 14.5 Å². The zero-order valence-electron chi connectivity index (χ0n) is 12.4. The molecule has 2 aromatic heterocycles. The van der Waals surface area contributed by atoms with Gasteiger partial charge >= 0.3 is 6.11 Å². The fourth-order valence-corrected chi connectivity index (χ4v) is 3.57. The van der Waals surface area contributed by atoms with E-state index < -0.39 is 22.8 Å². The summed E-state index contributed by atoms with van der Waals surface area (Å²) in [6.07, 6.45) is -1.50. The van der Waals surface area contributed by atoms with Crippen LogP contribution in [0, 0.1) is 0 Å². The van der Waals surface area contributed by atoms with Crippen LogP contribution in [0.3, 0.4) is 0 Å². The first-order valence-corrected chi connectivity index (χ1v) is 8.45. The first-order chi connectivity index (χ1) is 11.3. The molecule has 0 saturated heterocycles. The number of anilines is 1. The third-order valence-corrected chi connectivity index (χ3v) is 4.81. The smallest absolute Gasteiger partial charge is 0.360 e. The lowest BCUT2D eigenvalue weighted by atomic mass is 10.2. The Balaban J connectivity index is 1.96. The van der Waals surface area contributed by atoms with Gasteiger partial charge < -0.3 is 10.1 Å². The summed E-state index contributed by atoms with van der Waals surface area (Å²) in [5.41, 5.74) is -0.267. The highest BCUT2D eigenvalue weighted by molar-refractivity contribution is 7.86. The van der Waals surface area contributed by atoms with Crippen LogP contribution in [-0.4, -0.2) is 24.1 Å². The molecule has 128 valence electrons. The average Bonchev–Trinajstić information content (AvgIpc) is 3.09. The number of nitrogens with one attached hydrogen (secondary N) is 2. The lowest BCUT2D eigenvalue weighted by Crippen LogP contribution is -2.20. The number of hydrogen-bond acceptors (Lipinski definition) is 3. The molecule has 10 heteroatoms. The number of hydrogen-bond donors (Lipinski definition) is 3. The number of halogens is 3. The molecule has 0 aliphatic carbocycles. The van der Waals surface area contributed by atoms with E-state index in [1.54, 1.807) is 25.1 Å². The van der Waals surface area contributed by atoms with Crippen molar-refractivity contribution in [1.82, 2.24) is 14.8 Å². The molecule has 0 aliphatic rings. The van der Waals surface area contributed by atoms with Gasteiger partial charge in [0.2, 0.25) is 0 Å². The zero-order valence-corrected chi connectivity index (χ0v) is 14.0. The molecule has 0 aliphatic heterocycles. The molecule has 1 atom stereocenters. The van der Waals surface area contributed by atoms with Crippen molar-refractivity contribution >= 4 is 39.2 Å². The second-order valence-corrected chi connectivity index (χ2v) is 6.60. The summed E-state index contributed by atoms with van der Waals surface area (Å²) in [4.78, 5) is 3.29. The molecule has 0 radical (unpaired) electrons. The first kappa shape index (κ1) is 16.9. The van der Waals surface area contributed by atoms with E-state index in [4.69, 9.17) is 16.7 Å². The van der Waals surface area contributed by atoms with Crippen LogP contribution in [0.1, 0.15) is 12.6 Å². The standard InChI is InChI=1S/C14H13ClF2N4O2S/c1-2-21-13(14(16,17)22)11(6-19-21)20-24(23)12-7-18-10-5-8(15)3-4-9(10)12/h3-7,18,20,22H,2H2,1H3. The second-order valence-electron chi connectivity index (χ2n) is 4.98. The van der Waals surface area contributed by atoms with Gasteiger partial charge in [0, 0.05) is 28.7 Å². The maximum Gasteiger partial charge on any atom is 0.399 e. The Morgan fingerprint density at radius 2 is 2.25 bits per heavy atom. The number of aryl methyl sites for hydroxylation is 1. The van der Waals surface area contributed by atoms with Crippen LogP contribution < -0.4 is 4.72 Å². The van der Waals surface area contributed by atoms with Gasteiger partial charge in [0.25, 0.3) is 0 Å². The molecular weight excluding hydrogens is 362 g/mol. The van der Waals surface area contributed by atoms with Crippen molar-refractivity contribution in [3.05, 3.63) is 41.3 Å². The van der Waals surface area contributed by atoms with Crippen LogP contribution in [0.2, 0.25) is 5.02 Å². The van der Waals surface area contributed by atoms with Gasteiger partial charge in [0.05, 0.1) is 16.8 Å². The summed E-state index contributed by atoms with van der Waals surface area (Å²) < 4.78 is 42.8. The van der Waals surface area contributed by atoms with Gasteiger partial charge in [-0.1, -0.05) is 17.7 Å². The molecule has 0 fully saturated rings. The summed E-state index contributed by atoms with van der Waals surface area (Å²) >= 11 is 5.89. The monoisotopic (exact) mass is 374 g/mol. The maximum absolute atomic E-state index is 13.4. The highest BCUT2D eigenvalue weighted by Crippen LogP contribution is 2.32. The van der Waals surface area contributed by atoms with Gasteiger partial charge in [0.15, 0.2) is 16.7 Å². The van der Waals surface area contributed by atoms with E-state index in [-0.39, 0.29) is 12.2 Å². The van der Waals surface area contributed by atoms with Crippen molar-refractivity contribution < 1.29 is 18.1 Å². The first-order valence-electron chi connectivity index (χ1n) is 6.92.